The third kappa shape index (κ3) is 17.6. The number of aliphatic hydroxyl groups is 1. The average molecular weight is 638 g/mol. The minimum atomic E-state index is -0.935. The van der Waals surface area contributed by atoms with Gasteiger partial charge in [-0.2, -0.15) is 0 Å². The lowest BCUT2D eigenvalue weighted by Crippen LogP contribution is -2.48. The molecule has 0 aliphatic carbocycles. The second-order valence-electron chi connectivity index (χ2n) is 13.4. The molecule has 10 heteroatoms. The van der Waals surface area contributed by atoms with Crippen LogP contribution in [0.2, 0.25) is 0 Å². The van der Waals surface area contributed by atoms with Crippen LogP contribution in [-0.2, 0) is 20.7 Å². The fourth-order valence-electron chi connectivity index (χ4n) is 4.91. The Morgan fingerprint density at radius 1 is 0.956 bits per heavy atom. The number of hydrogen-bond donors (Lipinski definition) is 4. The van der Waals surface area contributed by atoms with Gasteiger partial charge in [0.05, 0.1) is 25.4 Å². The number of rotatable bonds is 23. The van der Waals surface area contributed by atoms with Crippen LogP contribution in [-0.4, -0.2) is 74.9 Å². The average Bonchev–Trinajstić information content (AvgIpc) is 2.96. The Hall–Kier alpha value is -2.56. The lowest BCUT2D eigenvalue weighted by molar-refractivity contribution is -0.125. The monoisotopic (exact) mass is 637 g/mol. The van der Waals surface area contributed by atoms with E-state index in [-0.39, 0.29) is 24.2 Å². The molecule has 0 aliphatic rings. The van der Waals surface area contributed by atoms with E-state index in [2.05, 4.69) is 31.4 Å². The summed E-state index contributed by atoms with van der Waals surface area (Å²) >= 11 is 0. The zero-order chi connectivity index (χ0) is 33.8. The Morgan fingerprint density at radius 3 is 2.27 bits per heavy atom. The van der Waals surface area contributed by atoms with Gasteiger partial charge in [-0.15, -0.1) is 0 Å². The molecule has 10 nitrogen and oxygen atoms in total. The molecule has 1 aromatic rings. The maximum absolute atomic E-state index is 12.9. The number of carbonyl (C=O) groups is 2. The smallest absolute Gasteiger partial charge is 0.407 e. The van der Waals surface area contributed by atoms with Gasteiger partial charge in [0, 0.05) is 32.6 Å². The number of aliphatic hydroxyl groups excluding tert-OH is 1. The Morgan fingerprint density at radius 2 is 1.64 bits per heavy atom. The molecule has 0 heterocycles. The van der Waals surface area contributed by atoms with Gasteiger partial charge < -0.3 is 40.4 Å². The van der Waals surface area contributed by atoms with Crippen molar-refractivity contribution in [1.29, 1.82) is 0 Å². The first-order valence-corrected chi connectivity index (χ1v) is 16.8. The SMILES string of the molecule is CCCCNC(=O)[C@H](C)C[C@H](O)[C@H](C[C@H](Cc1ccc(OCCCCN)c(OCCCOC)c1)C(C)C)NC(=O)OC(C)(C)C. The van der Waals surface area contributed by atoms with E-state index < -0.39 is 29.8 Å². The molecule has 1 aromatic carbocycles. The lowest BCUT2D eigenvalue weighted by atomic mass is 9.82. The van der Waals surface area contributed by atoms with E-state index in [4.69, 9.17) is 24.7 Å². The third-order valence-corrected chi connectivity index (χ3v) is 7.65. The summed E-state index contributed by atoms with van der Waals surface area (Å²) in [7, 11) is 1.67. The zero-order valence-electron chi connectivity index (χ0n) is 29.3. The second kappa shape index (κ2) is 22.0. The fraction of sp³-hybridized carbons (Fsp3) is 0.771. The highest BCUT2D eigenvalue weighted by atomic mass is 16.6. The number of carbonyl (C=O) groups excluding carboxylic acids is 2. The first-order chi connectivity index (χ1) is 21.3. The molecular formula is C35H63N3O7. The summed E-state index contributed by atoms with van der Waals surface area (Å²) < 4.78 is 22.9. The molecular weight excluding hydrogens is 574 g/mol. The number of unbranched alkanes of at least 4 members (excludes halogenated alkanes) is 2. The summed E-state index contributed by atoms with van der Waals surface area (Å²) in [6.07, 6.45) is 4.31. The van der Waals surface area contributed by atoms with Crippen molar-refractivity contribution in [1.82, 2.24) is 10.6 Å². The van der Waals surface area contributed by atoms with Crippen LogP contribution in [0, 0.1) is 17.8 Å². The minimum absolute atomic E-state index is 0.0951. The molecule has 4 atom stereocenters. The molecule has 0 aliphatic heterocycles. The van der Waals surface area contributed by atoms with Crippen molar-refractivity contribution in [3.8, 4) is 11.5 Å². The third-order valence-electron chi connectivity index (χ3n) is 7.65. The Bertz CT molecular complexity index is 967. The number of ether oxygens (including phenoxy) is 4. The normalized spacial score (nSPS) is 14.4. The number of alkyl carbamates (subject to hydrolysis) is 1. The molecule has 0 radical (unpaired) electrons. The number of nitrogens with two attached hydrogens (primary N) is 1. The van der Waals surface area contributed by atoms with E-state index in [0.717, 1.165) is 37.7 Å². The van der Waals surface area contributed by atoms with Crippen LogP contribution in [0.3, 0.4) is 0 Å². The molecule has 2 amide bonds. The van der Waals surface area contributed by atoms with Gasteiger partial charge in [-0.1, -0.05) is 40.2 Å². The standard InChI is InChI=1S/C35H63N3O7/c1-9-10-17-37-33(40)26(4)21-30(39)29(38-34(41)45-35(5,6)7)24-28(25(2)3)22-27-14-15-31(43-19-12-11-16-36)32(23-27)44-20-13-18-42-8/h14-15,23,25-26,28-30,39H,9-13,16-22,24,36H2,1-8H3,(H,37,40)(H,38,41)/t26-,28+,29+,30+/m1/s1. The van der Waals surface area contributed by atoms with E-state index in [1.807, 2.05) is 25.1 Å². The summed E-state index contributed by atoms with van der Waals surface area (Å²) in [5, 5.41) is 17.3. The van der Waals surface area contributed by atoms with Crippen molar-refractivity contribution >= 4 is 12.0 Å². The van der Waals surface area contributed by atoms with Crippen LogP contribution in [0.4, 0.5) is 4.79 Å². The summed E-state index contributed by atoms with van der Waals surface area (Å²) in [4.78, 5) is 25.5. The van der Waals surface area contributed by atoms with Crippen LogP contribution in [0.25, 0.3) is 0 Å². The van der Waals surface area contributed by atoms with Gasteiger partial charge in [-0.05, 0) is 95.4 Å². The predicted molar refractivity (Wildman–Crippen MR) is 180 cm³/mol. The van der Waals surface area contributed by atoms with E-state index >= 15 is 0 Å². The largest absolute Gasteiger partial charge is 0.490 e. The van der Waals surface area contributed by atoms with Crippen molar-refractivity contribution < 1.29 is 33.6 Å². The van der Waals surface area contributed by atoms with Crippen LogP contribution >= 0.6 is 0 Å². The Kier molecular flexibility index (Phi) is 19.8. The van der Waals surface area contributed by atoms with Gasteiger partial charge in [-0.25, -0.2) is 4.79 Å². The number of methoxy groups -OCH3 is 1. The molecule has 0 fully saturated rings. The van der Waals surface area contributed by atoms with Crippen LogP contribution in [0.15, 0.2) is 18.2 Å². The number of benzene rings is 1. The molecule has 1 rings (SSSR count). The molecule has 5 N–H and O–H groups in total. The van der Waals surface area contributed by atoms with Gasteiger partial charge in [0.1, 0.15) is 5.60 Å². The van der Waals surface area contributed by atoms with Gasteiger partial charge in [0.25, 0.3) is 0 Å². The predicted octanol–water partition coefficient (Wildman–Crippen LogP) is 5.62. The molecule has 45 heavy (non-hydrogen) atoms. The molecule has 0 bridgehead atoms. The van der Waals surface area contributed by atoms with Crippen molar-refractivity contribution in [2.75, 3.05) is 40.0 Å². The number of amides is 2. The first-order valence-electron chi connectivity index (χ1n) is 16.8. The van der Waals surface area contributed by atoms with Gasteiger partial charge in [0.15, 0.2) is 11.5 Å². The lowest BCUT2D eigenvalue weighted by Gasteiger charge is -2.32. The van der Waals surface area contributed by atoms with Crippen LogP contribution in [0.5, 0.6) is 11.5 Å². The topological polar surface area (TPSA) is 141 Å². The van der Waals surface area contributed by atoms with E-state index in [9.17, 15) is 14.7 Å². The minimum Gasteiger partial charge on any atom is -0.490 e. The number of hydrogen-bond acceptors (Lipinski definition) is 8. The highest BCUT2D eigenvalue weighted by Crippen LogP contribution is 2.32. The van der Waals surface area contributed by atoms with E-state index in [1.54, 1.807) is 27.9 Å². The Balaban J connectivity index is 3.16. The van der Waals surface area contributed by atoms with Crippen LogP contribution in [0.1, 0.15) is 99.0 Å². The van der Waals surface area contributed by atoms with Gasteiger partial charge >= 0.3 is 6.09 Å². The molecule has 260 valence electrons. The Labute approximate surface area is 272 Å². The van der Waals surface area contributed by atoms with Crippen molar-refractivity contribution in [2.45, 2.75) is 118 Å². The molecule has 0 saturated heterocycles. The van der Waals surface area contributed by atoms with Crippen LogP contribution < -0.4 is 25.8 Å². The first kappa shape index (κ1) is 40.5. The molecule has 0 spiro atoms. The van der Waals surface area contributed by atoms with E-state index in [1.165, 1.54) is 0 Å². The highest BCUT2D eigenvalue weighted by Gasteiger charge is 2.31. The fourth-order valence-corrected chi connectivity index (χ4v) is 4.91. The van der Waals surface area contributed by atoms with Crippen molar-refractivity contribution in [3.05, 3.63) is 23.8 Å². The summed E-state index contributed by atoms with van der Waals surface area (Å²) in [6, 6.07) is 5.42. The van der Waals surface area contributed by atoms with E-state index in [0.29, 0.717) is 57.3 Å². The van der Waals surface area contributed by atoms with Crippen molar-refractivity contribution in [2.24, 2.45) is 23.5 Å². The summed E-state index contributed by atoms with van der Waals surface area (Å²) in [6.45, 7) is 16.5. The zero-order valence-corrected chi connectivity index (χ0v) is 29.3. The van der Waals surface area contributed by atoms with Gasteiger partial charge in [-0.3, -0.25) is 4.79 Å². The maximum atomic E-state index is 12.9. The second-order valence-corrected chi connectivity index (χ2v) is 13.4. The highest BCUT2D eigenvalue weighted by molar-refractivity contribution is 5.78. The summed E-state index contributed by atoms with van der Waals surface area (Å²) in [5.41, 5.74) is 6.02. The molecule has 0 saturated carbocycles. The maximum Gasteiger partial charge on any atom is 0.407 e. The number of nitrogens with one attached hydrogen (secondary N) is 2. The molecule has 0 unspecified atom stereocenters. The van der Waals surface area contributed by atoms with Gasteiger partial charge in [0.2, 0.25) is 5.91 Å². The summed E-state index contributed by atoms with van der Waals surface area (Å²) in [5.74, 6) is 1.22. The quantitative estimate of drug-likeness (QED) is 0.113. The molecule has 0 aromatic heterocycles. The van der Waals surface area contributed by atoms with Crippen molar-refractivity contribution in [3.63, 3.8) is 0 Å².